The molecule has 1 saturated heterocycles. The SMILES string of the molecule is O=C(Nc1ccc(Br)cn1)c1cccc(N2CCCS2(=O)=O)c1. The maximum Gasteiger partial charge on any atom is 0.256 e. The number of anilines is 2. The number of carbonyl (C=O) groups is 1. The number of amides is 1. The van der Waals surface area contributed by atoms with Gasteiger partial charge in [-0.3, -0.25) is 9.10 Å². The van der Waals surface area contributed by atoms with Gasteiger partial charge in [-0.2, -0.15) is 0 Å². The number of pyridine rings is 1. The lowest BCUT2D eigenvalue weighted by atomic mass is 10.2. The first-order valence-corrected chi connectivity index (χ1v) is 9.39. The van der Waals surface area contributed by atoms with Gasteiger partial charge in [-0.1, -0.05) is 6.07 Å². The minimum atomic E-state index is -3.26. The molecule has 8 heteroatoms. The standard InChI is InChI=1S/C15H14BrN3O3S/c16-12-5-6-14(17-10-12)18-15(20)11-3-1-4-13(9-11)19-7-2-8-23(19,21)22/h1,3-6,9-10H,2,7-8H2,(H,17,18,20). The van der Waals surface area contributed by atoms with Gasteiger partial charge in [0.25, 0.3) is 5.91 Å². The molecular formula is C15H14BrN3O3S. The highest BCUT2D eigenvalue weighted by Crippen LogP contribution is 2.25. The first-order chi connectivity index (χ1) is 11.0. The summed E-state index contributed by atoms with van der Waals surface area (Å²) >= 11 is 3.28. The molecule has 0 radical (unpaired) electrons. The predicted molar refractivity (Wildman–Crippen MR) is 92.1 cm³/mol. The van der Waals surface area contributed by atoms with Gasteiger partial charge in [-0.05, 0) is 52.7 Å². The Kier molecular flexibility index (Phi) is 4.36. The first kappa shape index (κ1) is 15.9. The van der Waals surface area contributed by atoms with Gasteiger partial charge in [0.1, 0.15) is 5.82 Å². The molecule has 1 amide bonds. The van der Waals surface area contributed by atoms with E-state index in [4.69, 9.17) is 0 Å². The maximum atomic E-state index is 12.3. The van der Waals surface area contributed by atoms with Crippen molar-refractivity contribution < 1.29 is 13.2 Å². The highest BCUT2D eigenvalue weighted by Gasteiger charge is 2.28. The van der Waals surface area contributed by atoms with Crippen LogP contribution in [0, 0.1) is 0 Å². The van der Waals surface area contributed by atoms with Crippen LogP contribution in [0.5, 0.6) is 0 Å². The van der Waals surface area contributed by atoms with Crippen molar-refractivity contribution in [1.29, 1.82) is 0 Å². The topological polar surface area (TPSA) is 79.4 Å². The van der Waals surface area contributed by atoms with E-state index in [1.165, 1.54) is 4.31 Å². The van der Waals surface area contributed by atoms with E-state index < -0.39 is 10.0 Å². The van der Waals surface area contributed by atoms with Gasteiger partial charge in [-0.15, -0.1) is 0 Å². The zero-order valence-corrected chi connectivity index (χ0v) is 14.5. The van der Waals surface area contributed by atoms with E-state index in [2.05, 4.69) is 26.2 Å². The van der Waals surface area contributed by atoms with Crippen LogP contribution < -0.4 is 9.62 Å². The van der Waals surface area contributed by atoms with E-state index in [1.54, 1.807) is 42.6 Å². The number of hydrogen-bond donors (Lipinski definition) is 1. The van der Waals surface area contributed by atoms with Crippen LogP contribution in [0.2, 0.25) is 0 Å². The molecule has 0 bridgehead atoms. The Bertz CT molecular complexity index is 837. The smallest absolute Gasteiger partial charge is 0.256 e. The Labute approximate surface area is 142 Å². The molecule has 1 N–H and O–H groups in total. The number of nitrogens with one attached hydrogen (secondary N) is 1. The lowest BCUT2D eigenvalue weighted by Crippen LogP contribution is -2.25. The second kappa shape index (κ2) is 6.29. The number of carbonyl (C=O) groups excluding carboxylic acids is 1. The van der Waals surface area contributed by atoms with E-state index in [1.807, 2.05) is 0 Å². The number of benzene rings is 1. The van der Waals surface area contributed by atoms with Gasteiger partial charge in [-0.25, -0.2) is 13.4 Å². The fourth-order valence-electron chi connectivity index (χ4n) is 2.37. The summed E-state index contributed by atoms with van der Waals surface area (Å²) in [5, 5.41) is 2.69. The minimum Gasteiger partial charge on any atom is -0.307 e. The van der Waals surface area contributed by atoms with Crippen LogP contribution in [0.4, 0.5) is 11.5 Å². The van der Waals surface area contributed by atoms with E-state index in [0.29, 0.717) is 30.0 Å². The third kappa shape index (κ3) is 3.53. The molecule has 1 aliphatic rings. The van der Waals surface area contributed by atoms with Crippen molar-refractivity contribution in [2.24, 2.45) is 0 Å². The number of nitrogens with zero attached hydrogens (tertiary/aromatic N) is 2. The van der Waals surface area contributed by atoms with Gasteiger partial charge in [0.2, 0.25) is 10.0 Å². The summed E-state index contributed by atoms with van der Waals surface area (Å²) in [5.41, 5.74) is 0.897. The largest absolute Gasteiger partial charge is 0.307 e. The van der Waals surface area contributed by atoms with Gasteiger partial charge >= 0.3 is 0 Å². The summed E-state index contributed by atoms with van der Waals surface area (Å²) < 4.78 is 26.1. The fraction of sp³-hybridized carbons (Fsp3) is 0.200. The lowest BCUT2D eigenvalue weighted by molar-refractivity contribution is 0.102. The van der Waals surface area contributed by atoms with Crippen LogP contribution in [-0.4, -0.2) is 31.6 Å². The molecule has 0 atom stereocenters. The number of hydrogen-bond acceptors (Lipinski definition) is 4. The van der Waals surface area contributed by atoms with E-state index >= 15 is 0 Å². The normalized spacial score (nSPS) is 16.3. The summed E-state index contributed by atoms with van der Waals surface area (Å²) in [6, 6.07) is 10.0. The predicted octanol–water partition coefficient (Wildman–Crippen LogP) is 2.64. The van der Waals surface area contributed by atoms with Gasteiger partial charge < -0.3 is 5.32 Å². The van der Waals surface area contributed by atoms with Gasteiger partial charge in [0, 0.05) is 22.8 Å². The molecule has 0 spiro atoms. The molecule has 3 rings (SSSR count). The summed E-state index contributed by atoms with van der Waals surface area (Å²) in [6.45, 7) is 0.446. The first-order valence-electron chi connectivity index (χ1n) is 6.99. The van der Waals surface area contributed by atoms with Crippen LogP contribution >= 0.6 is 15.9 Å². The summed E-state index contributed by atoms with van der Waals surface area (Å²) in [7, 11) is -3.26. The summed E-state index contributed by atoms with van der Waals surface area (Å²) in [4.78, 5) is 16.4. The van der Waals surface area contributed by atoms with Crippen LogP contribution in [0.1, 0.15) is 16.8 Å². The van der Waals surface area contributed by atoms with Crippen LogP contribution in [0.25, 0.3) is 0 Å². The Hall–Kier alpha value is -1.93. The average molecular weight is 396 g/mol. The number of rotatable bonds is 3. The fourth-order valence-corrected chi connectivity index (χ4v) is 4.16. The van der Waals surface area contributed by atoms with Crippen molar-refractivity contribution in [1.82, 2.24) is 4.98 Å². The molecule has 23 heavy (non-hydrogen) atoms. The third-order valence-corrected chi connectivity index (χ3v) is 5.80. The number of halogens is 1. The van der Waals surface area contributed by atoms with Crippen molar-refractivity contribution >= 4 is 43.4 Å². The summed E-state index contributed by atoms with van der Waals surface area (Å²) in [6.07, 6.45) is 2.18. The van der Waals surface area contributed by atoms with E-state index in [0.717, 1.165) is 4.47 Å². The van der Waals surface area contributed by atoms with Crippen LogP contribution in [0.15, 0.2) is 47.1 Å². The molecule has 2 aromatic rings. The molecule has 1 aromatic heterocycles. The van der Waals surface area contributed by atoms with Crippen molar-refractivity contribution in [3.8, 4) is 0 Å². The quantitative estimate of drug-likeness (QED) is 0.865. The lowest BCUT2D eigenvalue weighted by Gasteiger charge is -2.17. The molecule has 0 unspecified atom stereocenters. The Morgan fingerprint density at radius 3 is 2.74 bits per heavy atom. The molecule has 1 fully saturated rings. The maximum absolute atomic E-state index is 12.3. The van der Waals surface area contributed by atoms with Crippen molar-refractivity contribution in [2.45, 2.75) is 6.42 Å². The Balaban J connectivity index is 1.82. The third-order valence-electron chi connectivity index (χ3n) is 3.46. The Morgan fingerprint density at radius 2 is 2.09 bits per heavy atom. The monoisotopic (exact) mass is 395 g/mol. The molecule has 1 aliphatic heterocycles. The van der Waals surface area contributed by atoms with Gasteiger partial charge in [0.15, 0.2) is 0 Å². The van der Waals surface area contributed by atoms with Crippen molar-refractivity contribution in [2.75, 3.05) is 21.9 Å². The van der Waals surface area contributed by atoms with Gasteiger partial charge in [0.05, 0.1) is 11.4 Å². The second-order valence-electron chi connectivity index (χ2n) is 5.11. The van der Waals surface area contributed by atoms with Crippen molar-refractivity contribution in [3.63, 3.8) is 0 Å². The van der Waals surface area contributed by atoms with Crippen LogP contribution in [-0.2, 0) is 10.0 Å². The Morgan fingerprint density at radius 1 is 1.26 bits per heavy atom. The van der Waals surface area contributed by atoms with Crippen molar-refractivity contribution in [3.05, 3.63) is 52.6 Å². The summed E-state index contributed by atoms with van der Waals surface area (Å²) in [5.74, 6) is 0.238. The average Bonchev–Trinajstić information content (AvgIpc) is 2.89. The number of sulfonamides is 1. The molecule has 120 valence electrons. The molecule has 1 aromatic carbocycles. The molecule has 0 aliphatic carbocycles. The number of aromatic nitrogens is 1. The van der Waals surface area contributed by atoms with E-state index in [9.17, 15) is 13.2 Å². The molecular weight excluding hydrogens is 382 g/mol. The molecule has 6 nitrogen and oxygen atoms in total. The highest BCUT2D eigenvalue weighted by molar-refractivity contribution is 9.10. The second-order valence-corrected chi connectivity index (χ2v) is 8.04. The molecule has 0 saturated carbocycles. The minimum absolute atomic E-state index is 0.145. The zero-order chi connectivity index (χ0) is 16.4. The highest BCUT2D eigenvalue weighted by atomic mass is 79.9. The van der Waals surface area contributed by atoms with E-state index in [-0.39, 0.29) is 11.7 Å². The zero-order valence-electron chi connectivity index (χ0n) is 12.1. The molecule has 2 heterocycles. The van der Waals surface area contributed by atoms with Crippen LogP contribution in [0.3, 0.4) is 0 Å².